The maximum atomic E-state index is 9.14. The third kappa shape index (κ3) is 3.07. The largest absolute Gasteiger partial charge is 0.396 e. The van der Waals surface area contributed by atoms with Crippen LogP contribution in [0.5, 0.6) is 0 Å². The van der Waals surface area contributed by atoms with Crippen LogP contribution in [-0.4, -0.2) is 16.7 Å². The van der Waals surface area contributed by atoms with Gasteiger partial charge in [-0.2, -0.15) is 0 Å². The van der Waals surface area contributed by atoms with Gasteiger partial charge in [-0.25, -0.2) is 4.98 Å². The Labute approximate surface area is 90.0 Å². The Bertz CT molecular complexity index is 266. The molecule has 80 valence electrons. The minimum atomic E-state index is 0.213. The zero-order valence-corrected chi connectivity index (χ0v) is 9.97. The van der Waals surface area contributed by atoms with Crippen molar-refractivity contribution < 1.29 is 5.11 Å². The molecule has 0 saturated carbocycles. The van der Waals surface area contributed by atoms with Crippen molar-refractivity contribution in [3.63, 3.8) is 0 Å². The van der Waals surface area contributed by atoms with Crippen LogP contribution in [0.2, 0.25) is 0 Å². The summed E-state index contributed by atoms with van der Waals surface area (Å²) in [6.45, 7) is 6.69. The van der Waals surface area contributed by atoms with Crippen LogP contribution in [0.4, 0.5) is 0 Å². The van der Waals surface area contributed by atoms with Crippen molar-refractivity contribution in [3.8, 4) is 0 Å². The van der Waals surface area contributed by atoms with Gasteiger partial charge in [0.2, 0.25) is 0 Å². The highest BCUT2D eigenvalue weighted by atomic mass is 32.1. The van der Waals surface area contributed by atoms with Crippen molar-refractivity contribution in [1.29, 1.82) is 0 Å². The first kappa shape index (κ1) is 11.7. The Morgan fingerprint density at radius 3 is 2.71 bits per heavy atom. The first-order valence-corrected chi connectivity index (χ1v) is 6.10. The summed E-state index contributed by atoms with van der Waals surface area (Å²) in [6, 6.07) is 0. The van der Waals surface area contributed by atoms with Crippen LogP contribution >= 0.6 is 11.3 Å². The number of aliphatic hydroxyl groups excluding tert-OH is 1. The lowest BCUT2D eigenvalue weighted by molar-refractivity contribution is 0.262. The number of aliphatic hydroxyl groups is 1. The topological polar surface area (TPSA) is 33.1 Å². The molecule has 1 atom stereocenters. The summed E-state index contributed by atoms with van der Waals surface area (Å²) < 4.78 is 0. The molecule has 0 bridgehead atoms. The van der Waals surface area contributed by atoms with E-state index in [4.69, 9.17) is 5.11 Å². The van der Waals surface area contributed by atoms with E-state index in [1.54, 1.807) is 11.3 Å². The number of nitrogens with zero attached hydrogens (tertiary/aromatic N) is 1. The highest BCUT2D eigenvalue weighted by Gasteiger charge is 2.12. The van der Waals surface area contributed by atoms with Crippen LogP contribution in [-0.2, 0) is 6.42 Å². The van der Waals surface area contributed by atoms with E-state index in [0.717, 1.165) is 17.8 Å². The summed E-state index contributed by atoms with van der Waals surface area (Å²) in [5.41, 5.74) is 1.17. The molecule has 0 fully saturated rings. The lowest BCUT2D eigenvalue weighted by Gasteiger charge is -2.06. The van der Waals surface area contributed by atoms with E-state index in [9.17, 15) is 0 Å². The van der Waals surface area contributed by atoms with Gasteiger partial charge in [0.15, 0.2) is 0 Å². The Balaban J connectivity index is 2.66. The number of rotatable bonds is 5. The SMILES string of the molecule is CCC(CO)c1nc(CC(C)C)cs1. The van der Waals surface area contributed by atoms with Gasteiger partial charge in [0.05, 0.1) is 17.3 Å². The zero-order valence-electron chi connectivity index (χ0n) is 9.16. The smallest absolute Gasteiger partial charge is 0.0982 e. The molecule has 2 nitrogen and oxygen atoms in total. The molecule has 0 aromatic carbocycles. The Morgan fingerprint density at radius 2 is 2.21 bits per heavy atom. The average Bonchev–Trinajstić information content (AvgIpc) is 2.54. The second-order valence-corrected chi connectivity index (χ2v) is 4.95. The maximum Gasteiger partial charge on any atom is 0.0982 e. The fraction of sp³-hybridized carbons (Fsp3) is 0.727. The number of aromatic nitrogens is 1. The van der Waals surface area contributed by atoms with Gasteiger partial charge in [-0.15, -0.1) is 11.3 Å². The molecule has 1 aromatic rings. The van der Waals surface area contributed by atoms with Gasteiger partial charge in [-0.1, -0.05) is 20.8 Å². The maximum absolute atomic E-state index is 9.14. The highest BCUT2D eigenvalue weighted by Crippen LogP contribution is 2.23. The zero-order chi connectivity index (χ0) is 10.6. The first-order chi connectivity index (χ1) is 6.67. The summed E-state index contributed by atoms with van der Waals surface area (Å²) in [6.07, 6.45) is 2.00. The lowest BCUT2D eigenvalue weighted by atomic mass is 10.1. The van der Waals surface area contributed by atoms with Gasteiger partial charge in [0, 0.05) is 11.3 Å². The van der Waals surface area contributed by atoms with Gasteiger partial charge in [-0.05, 0) is 18.8 Å². The van der Waals surface area contributed by atoms with E-state index in [2.05, 4.69) is 31.1 Å². The standard InChI is InChI=1S/C11H19NOS/c1-4-9(6-13)11-12-10(7-14-11)5-8(2)3/h7-9,13H,4-6H2,1-3H3. The van der Waals surface area contributed by atoms with Gasteiger partial charge in [-0.3, -0.25) is 0 Å². The molecule has 0 saturated heterocycles. The van der Waals surface area contributed by atoms with E-state index in [1.807, 2.05) is 0 Å². The van der Waals surface area contributed by atoms with Gasteiger partial charge in [0.25, 0.3) is 0 Å². The molecule has 0 radical (unpaired) electrons. The summed E-state index contributed by atoms with van der Waals surface area (Å²) >= 11 is 1.68. The number of thiazole rings is 1. The molecule has 1 N–H and O–H groups in total. The Morgan fingerprint density at radius 1 is 1.50 bits per heavy atom. The monoisotopic (exact) mass is 213 g/mol. The van der Waals surface area contributed by atoms with Gasteiger partial charge < -0.3 is 5.11 Å². The van der Waals surface area contributed by atoms with Crippen molar-refractivity contribution in [2.75, 3.05) is 6.61 Å². The van der Waals surface area contributed by atoms with Crippen molar-refractivity contribution >= 4 is 11.3 Å². The highest BCUT2D eigenvalue weighted by molar-refractivity contribution is 7.09. The van der Waals surface area contributed by atoms with Crippen molar-refractivity contribution in [3.05, 3.63) is 16.1 Å². The molecule has 0 aliphatic rings. The summed E-state index contributed by atoms with van der Waals surface area (Å²) in [4.78, 5) is 4.55. The van der Waals surface area contributed by atoms with Crippen LogP contribution in [0.3, 0.4) is 0 Å². The second kappa shape index (κ2) is 5.47. The van der Waals surface area contributed by atoms with Crippen molar-refractivity contribution in [2.45, 2.75) is 39.5 Å². The third-order valence-corrected chi connectivity index (χ3v) is 3.31. The van der Waals surface area contributed by atoms with Crippen LogP contribution in [0, 0.1) is 5.92 Å². The third-order valence-electron chi connectivity index (χ3n) is 2.25. The number of hydrogen-bond acceptors (Lipinski definition) is 3. The predicted octanol–water partition coefficient (Wildman–Crippen LogP) is 2.83. The number of hydrogen-bond donors (Lipinski definition) is 1. The first-order valence-electron chi connectivity index (χ1n) is 5.22. The molecule has 14 heavy (non-hydrogen) atoms. The molecular formula is C11H19NOS. The molecule has 1 unspecified atom stereocenters. The van der Waals surface area contributed by atoms with E-state index in [0.29, 0.717) is 5.92 Å². The molecule has 1 rings (SSSR count). The van der Waals surface area contributed by atoms with Crippen molar-refractivity contribution in [1.82, 2.24) is 4.98 Å². The Kier molecular flexibility index (Phi) is 4.55. The van der Waals surface area contributed by atoms with Crippen LogP contribution in [0.25, 0.3) is 0 Å². The fourth-order valence-corrected chi connectivity index (χ4v) is 2.41. The molecular weight excluding hydrogens is 194 g/mol. The molecule has 0 aliphatic carbocycles. The van der Waals surface area contributed by atoms with Crippen LogP contribution in [0.15, 0.2) is 5.38 Å². The van der Waals surface area contributed by atoms with E-state index >= 15 is 0 Å². The fourth-order valence-electron chi connectivity index (χ4n) is 1.40. The summed E-state index contributed by atoms with van der Waals surface area (Å²) in [5, 5.41) is 12.3. The Hall–Kier alpha value is -0.410. The van der Waals surface area contributed by atoms with E-state index < -0.39 is 0 Å². The van der Waals surface area contributed by atoms with Crippen molar-refractivity contribution in [2.24, 2.45) is 5.92 Å². The van der Waals surface area contributed by atoms with E-state index in [-0.39, 0.29) is 12.5 Å². The molecule has 1 heterocycles. The molecule has 3 heteroatoms. The second-order valence-electron chi connectivity index (χ2n) is 4.06. The molecule has 0 aliphatic heterocycles. The minimum absolute atomic E-state index is 0.213. The molecule has 1 aromatic heterocycles. The van der Waals surface area contributed by atoms with Gasteiger partial charge in [0.1, 0.15) is 0 Å². The van der Waals surface area contributed by atoms with E-state index in [1.165, 1.54) is 5.69 Å². The normalized spacial score (nSPS) is 13.5. The predicted molar refractivity (Wildman–Crippen MR) is 60.8 cm³/mol. The summed E-state index contributed by atoms with van der Waals surface area (Å²) in [5.74, 6) is 0.889. The van der Waals surface area contributed by atoms with Crippen LogP contribution < -0.4 is 0 Å². The van der Waals surface area contributed by atoms with Crippen LogP contribution in [0.1, 0.15) is 43.8 Å². The summed E-state index contributed by atoms with van der Waals surface area (Å²) in [7, 11) is 0. The molecule has 0 spiro atoms. The minimum Gasteiger partial charge on any atom is -0.396 e. The van der Waals surface area contributed by atoms with Gasteiger partial charge >= 0.3 is 0 Å². The average molecular weight is 213 g/mol. The molecule has 0 amide bonds. The quantitative estimate of drug-likeness (QED) is 0.816. The lowest BCUT2D eigenvalue weighted by Crippen LogP contribution is -2.02.